The van der Waals surface area contributed by atoms with Crippen LogP contribution in [0.1, 0.15) is 36.4 Å². The van der Waals surface area contributed by atoms with Crippen molar-refractivity contribution in [1.29, 1.82) is 0 Å². The fourth-order valence-electron chi connectivity index (χ4n) is 2.73. The average molecular weight is 280 g/mol. The highest BCUT2D eigenvalue weighted by Crippen LogP contribution is 2.34. The Morgan fingerprint density at radius 3 is 2.79 bits per heavy atom. The van der Waals surface area contributed by atoms with E-state index in [1.54, 1.807) is 7.11 Å². The van der Waals surface area contributed by atoms with Crippen LogP contribution in [-0.4, -0.2) is 18.6 Å². The molecule has 0 radical (unpaired) electrons. The Balaban J connectivity index is 2.13. The second-order valence-electron chi connectivity index (χ2n) is 5.26. The maximum absolute atomic E-state index is 5.78. The Kier molecular flexibility index (Phi) is 5.55. The van der Waals surface area contributed by atoms with Crippen LogP contribution in [0.25, 0.3) is 0 Å². The van der Waals surface area contributed by atoms with Gasteiger partial charge >= 0.3 is 0 Å². The summed E-state index contributed by atoms with van der Waals surface area (Å²) in [6, 6.07) is 6.47. The third-order valence-corrected chi connectivity index (χ3v) is 4.92. The second kappa shape index (κ2) is 7.17. The Morgan fingerprint density at radius 2 is 2.16 bits per heavy atom. The summed E-state index contributed by atoms with van der Waals surface area (Å²) in [7, 11) is 1.72. The SMILES string of the molecule is COc1ccc(C)cc1C(CC1CCSCC1)NN. The Hall–Kier alpha value is -0.710. The number of hydrazine groups is 1. The van der Waals surface area contributed by atoms with E-state index in [4.69, 9.17) is 10.6 Å². The molecule has 1 heterocycles. The van der Waals surface area contributed by atoms with Crippen molar-refractivity contribution >= 4 is 11.8 Å². The van der Waals surface area contributed by atoms with Crippen LogP contribution in [0.3, 0.4) is 0 Å². The molecule has 106 valence electrons. The van der Waals surface area contributed by atoms with Crippen molar-refractivity contribution in [2.75, 3.05) is 18.6 Å². The summed E-state index contributed by atoms with van der Waals surface area (Å²) in [4.78, 5) is 0. The molecular formula is C15H24N2OS. The van der Waals surface area contributed by atoms with Crippen LogP contribution in [0.5, 0.6) is 5.75 Å². The topological polar surface area (TPSA) is 47.3 Å². The first-order valence-electron chi connectivity index (χ1n) is 6.93. The van der Waals surface area contributed by atoms with Crippen molar-refractivity contribution in [1.82, 2.24) is 5.43 Å². The summed E-state index contributed by atoms with van der Waals surface area (Å²) in [5.74, 6) is 10.1. The van der Waals surface area contributed by atoms with E-state index in [1.165, 1.54) is 35.5 Å². The quantitative estimate of drug-likeness (QED) is 0.643. The zero-order valence-corrected chi connectivity index (χ0v) is 12.6. The molecular weight excluding hydrogens is 256 g/mol. The minimum absolute atomic E-state index is 0.183. The van der Waals surface area contributed by atoms with Crippen molar-refractivity contribution < 1.29 is 4.74 Å². The summed E-state index contributed by atoms with van der Waals surface area (Å²) in [5, 5.41) is 0. The van der Waals surface area contributed by atoms with Gasteiger partial charge in [-0.05, 0) is 49.7 Å². The highest BCUT2D eigenvalue weighted by Gasteiger charge is 2.22. The van der Waals surface area contributed by atoms with Gasteiger partial charge in [0.05, 0.1) is 7.11 Å². The normalized spacial score (nSPS) is 18.3. The first kappa shape index (κ1) is 14.7. The number of methoxy groups -OCH3 is 1. The Bertz CT molecular complexity index is 405. The number of rotatable bonds is 5. The molecule has 0 aliphatic carbocycles. The standard InChI is InChI=1S/C15H24N2OS/c1-11-3-4-15(18-2)13(9-11)14(17-16)10-12-5-7-19-8-6-12/h3-4,9,12,14,17H,5-8,10,16H2,1-2H3. The van der Waals surface area contributed by atoms with E-state index < -0.39 is 0 Å². The van der Waals surface area contributed by atoms with E-state index in [1.807, 2.05) is 6.07 Å². The lowest BCUT2D eigenvalue weighted by atomic mass is 9.90. The number of benzene rings is 1. The molecule has 1 unspecified atom stereocenters. The van der Waals surface area contributed by atoms with Gasteiger partial charge in [-0.25, -0.2) is 0 Å². The zero-order valence-electron chi connectivity index (χ0n) is 11.8. The fourth-order valence-corrected chi connectivity index (χ4v) is 3.93. The fraction of sp³-hybridized carbons (Fsp3) is 0.600. The Morgan fingerprint density at radius 1 is 1.42 bits per heavy atom. The van der Waals surface area contributed by atoms with Gasteiger partial charge in [-0.15, -0.1) is 0 Å². The molecule has 3 N–H and O–H groups in total. The summed E-state index contributed by atoms with van der Waals surface area (Å²) in [6.45, 7) is 2.10. The van der Waals surface area contributed by atoms with Crippen molar-refractivity contribution in [3.05, 3.63) is 29.3 Å². The predicted octanol–water partition coefficient (Wildman–Crippen LogP) is 3.04. The molecule has 1 atom stereocenters. The maximum Gasteiger partial charge on any atom is 0.123 e. The predicted molar refractivity (Wildman–Crippen MR) is 82.5 cm³/mol. The third kappa shape index (κ3) is 3.88. The minimum Gasteiger partial charge on any atom is -0.496 e. The highest BCUT2D eigenvalue weighted by molar-refractivity contribution is 7.99. The monoisotopic (exact) mass is 280 g/mol. The molecule has 1 saturated heterocycles. The zero-order chi connectivity index (χ0) is 13.7. The van der Waals surface area contributed by atoms with E-state index in [-0.39, 0.29) is 6.04 Å². The molecule has 0 saturated carbocycles. The van der Waals surface area contributed by atoms with Crippen molar-refractivity contribution in [2.24, 2.45) is 11.8 Å². The Labute approximate surface area is 120 Å². The molecule has 0 spiro atoms. The first-order chi connectivity index (χ1) is 9.24. The lowest BCUT2D eigenvalue weighted by molar-refractivity contribution is 0.355. The molecule has 0 amide bonds. The van der Waals surface area contributed by atoms with Gasteiger partial charge in [0.15, 0.2) is 0 Å². The number of hydrogen-bond donors (Lipinski definition) is 2. The van der Waals surface area contributed by atoms with Crippen LogP contribution in [0.4, 0.5) is 0 Å². The van der Waals surface area contributed by atoms with Crippen LogP contribution in [-0.2, 0) is 0 Å². The molecule has 2 rings (SSSR count). The van der Waals surface area contributed by atoms with Crippen LogP contribution in [0.15, 0.2) is 18.2 Å². The van der Waals surface area contributed by atoms with Crippen LogP contribution >= 0.6 is 11.8 Å². The van der Waals surface area contributed by atoms with Crippen LogP contribution in [0.2, 0.25) is 0 Å². The molecule has 0 bridgehead atoms. The minimum atomic E-state index is 0.183. The van der Waals surface area contributed by atoms with E-state index in [2.05, 4.69) is 36.2 Å². The van der Waals surface area contributed by atoms with Gasteiger partial charge in [0, 0.05) is 11.6 Å². The first-order valence-corrected chi connectivity index (χ1v) is 8.08. The van der Waals surface area contributed by atoms with Crippen molar-refractivity contribution in [2.45, 2.75) is 32.2 Å². The number of nitrogens with one attached hydrogen (secondary N) is 1. The molecule has 19 heavy (non-hydrogen) atoms. The number of nitrogens with two attached hydrogens (primary N) is 1. The number of ether oxygens (including phenoxy) is 1. The van der Waals surface area contributed by atoms with Crippen molar-refractivity contribution in [3.63, 3.8) is 0 Å². The summed E-state index contributed by atoms with van der Waals surface area (Å²) in [6.07, 6.45) is 3.70. The van der Waals surface area contributed by atoms with Gasteiger partial charge in [0.2, 0.25) is 0 Å². The molecule has 0 aromatic heterocycles. The van der Waals surface area contributed by atoms with E-state index >= 15 is 0 Å². The van der Waals surface area contributed by atoms with Gasteiger partial charge in [-0.3, -0.25) is 11.3 Å². The van der Waals surface area contributed by atoms with Gasteiger partial charge < -0.3 is 4.74 Å². The van der Waals surface area contributed by atoms with E-state index in [0.29, 0.717) is 0 Å². The van der Waals surface area contributed by atoms with Gasteiger partial charge in [-0.2, -0.15) is 11.8 Å². The number of aryl methyl sites for hydroxylation is 1. The average Bonchev–Trinajstić information content (AvgIpc) is 2.46. The lowest BCUT2D eigenvalue weighted by Gasteiger charge is -2.27. The molecule has 1 fully saturated rings. The largest absolute Gasteiger partial charge is 0.496 e. The molecule has 4 heteroatoms. The summed E-state index contributed by atoms with van der Waals surface area (Å²) < 4.78 is 5.47. The molecule has 3 nitrogen and oxygen atoms in total. The third-order valence-electron chi connectivity index (χ3n) is 3.87. The van der Waals surface area contributed by atoms with E-state index in [9.17, 15) is 0 Å². The molecule has 1 aliphatic rings. The highest BCUT2D eigenvalue weighted by atomic mass is 32.2. The molecule has 1 aromatic rings. The summed E-state index contributed by atoms with van der Waals surface area (Å²) in [5.41, 5.74) is 5.41. The van der Waals surface area contributed by atoms with Gasteiger partial charge in [0.1, 0.15) is 5.75 Å². The van der Waals surface area contributed by atoms with Gasteiger partial charge in [0.25, 0.3) is 0 Å². The van der Waals surface area contributed by atoms with E-state index in [0.717, 1.165) is 18.1 Å². The maximum atomic E-state index is 5.78. The smallest absolute Gasteiger partial charge is 0.123 e. The van der Waals surface area contributed by atoms with Crippen LogP contribution < -0.4 is 16.0 Å². The van der Waals surface area contributed by atoms with Crippen LogP contribution in [0, 0.1) is 12.8 Å². The number of hydrogen-bond acceptors (Lipinski definition) is 4. The second-order valence-corrected chi connectivity index (χ2v) is 6.48. The molecule has 1 aliphatic heterocycles. The summed E-state index contributed by atoms with van der Waals surface area (Å²) >= 11 is 2.06. The van der Waals surface area contributed by atoms with Crippen molar-refractivity contribution in [3.8, 4) is 5.75 Å². The molecule has 1 aromatic carbocycles. The number of thioether (sulfide) groups is 1. The lowest BCUT2D eigenvalue weighted by Crippen LogP contribution is -2.30. The van der Waals surface area contributed by atoms with Gasteiger partial charge in [-0.1, -0.05) is 17.7 Å².